The summed E-state index contributed by atoms with van der Waals surface area (Å²) in [6.45, 7) is 1.21. The number of nitrogens with one attached hydrogen (secondary N) is 2. The molecule has 110 valence electrons. The lowest BCUT2D eigenvalue weighted by Crippen LogP contribution is -2.52. The van der Waals surface area contributed by atoms with Crippen molar-refractivity contribution in [3.8, 4) is 5.75 Å². The van der Waals surface area contributed by atoms with Gasteiger partial charge >= 0.3 is 0 Å². The maximum Gasteiger partial charge on any atom is 0.255 e. The van der Waals surface area contributed by atoms with Gasteiger partial charge in [-0.15, -0.1) is 0 Å². The number of aliphatic hydroxyl groups is 1. The molecule has 1 amide bonds. The third-order valence-electron chi connectivity index (χ3n) is 3.33. The number of carbonyl (C=O) groups is 1. The van der Waals surface area contributed by atoms with Crippen LogP contribution in [0.5, 0.6) is 5.75 Å². The van der Waals surface area contributed by atoms with E-state index >= 15 is 0 Å². The van der Waals surface area contributed by atoms with E-state index < -0.39 is 6.10 Å². The first-order chi connectivity index (χ1) is 9.52. The van der Waals surface area contributed by atoms with Gasteiger partial charge in [0, 0.05) is 12.6 Å². The van der Waals surface area contributed by atoms with Crippen LogP contribution in [0.1, 0.15) is 16.8 Å². The highest BCUT2D eigenvalue weighted by molar-refractivity contribution is 6.33. The van der Waals surface area contributed by atoms with Gasteiger partial charge in [-0.2, -0.15) is 0 Å². The number of ether oxygens (including phenoxy) is 1. The number of amides is 1. The summed E-state index contributed by atoms with van der Waals surface area (Å²) in [6, 6.07) is 2.69. The zero-order valence-corrected chi connectivity index (χ0v) is 11.9. The van der Waals surface area contributed by atoms with Crippen molar-refractivity contribution in [1.29, 1.82) is 0 Å². The standard InChI is InChI=1S/C13H18ClN3O3/c1-20-12-5-9(15)8(14)4-7(12)13(19)17-10-2-3-16-6-11(10)18/h4-5,10-11,16,18H,2-3,6,15H2,1H3,(H,17,19)/t10-,11-/m0/s1. The molecule has 0 aromatic heterocycles. The van der Waals surface area contributed by atoms with Crippen molar-refractivity contribution < 1.29 is 14.6 Å². The number of methoxy groups -OCH3 is 1. The van der Waals surface area contributed by atoms with Crippen LogP contribution in [0.4, 0.5) is 5.69 Å². The molecular formula is C13H18ClN3O3. The summed E-state index contributed by atoms with van der Waals surface area (Å²) in [4.78, 5) is 12.3. The minimum atomic E-state index is -0.608. The van der Waals surface area contributed by atoms with E-state index in [1.165, 1.54) is 19.2 Å². The van der Waals surface area contributed by atoms with E-state index in [1.54, 1.807) is 0 Å². The molecule has 1 aliphatic heterocycles. The second-order valence-electron chi connectivity index (χ2n) is 4.71. The summed E-state index contributed by atoms with van der Waals surface area (Å²) < 4.78 is 5.14. The van der Waals surface area contributed by atoms with Gasteiger partial charge in [0.25, 0.3) is 5.91 Å². The molecule has 0 aliphatic carbocycles. The highest BCUT2D eigenvalue weighted by atomic mass is 35.5. The summed E-state index contributed by atoms with van der Waals surface area (Å²) in [5, 5.41) is 16.0. The molecule has 20 heavy (non-hydrogen) atoms. The van der Waals surface area contributed by atoms with Gasteiger partial charge in [0.2, 0.25) is 0 Å². The normalized spacial score (nSPS) is 22.4. The van der Waals surface area contributed by atoms with Crippen molar-refractivity contribution in [2.45, 2.75) is 18.6 Å². The number of β-amino-alcohol motifs (C(OH)–C–C–N with tert-alkyl or cyclic N) is 1. The molecule has 1 fully saturated rings. The number of anilines is 1. The van der Waals surface area contributed by atoms with Gasteiger partial charge in [0.15, 0.2) is 0 Å². The largest absolute Gasteiger partial charge is 0.496 e. The van der Waals surface area contributed by atoms with Crippen LogP contribution in [0.3, 0.4) is 0 Å². The predicted octanol–water partition coefficient (Wildman–Crippen LogP) is 0.383. The lowest BCUT2D eigenvalue weighted by Gasteiger charge is -2.29. The number of hydrogen-bond donors (Lipinski definition) is 4. The first-order valence-electron chi connectivity index (χ1n) is 6.35. The minimum Gasteiger partial charge on any atom is -0.496 e. The van der Waals surface area contributed by atoms with Crippen molar-refractivity contribution in [2.75, 3.05) is 25.9 Å². The van der Waals surface area contributed by atoms with Crippen molar-refractivity contribution in [1.82, 2.24) is 10.6 Å². The maximum atomic E-state index is 12.3. The van der Waals surface area contributed by atoms with E-state index in [-0.39, 0.29) is 11.9 Å². The SMILES string of the molecule is COc1cc(N)c(Cl)cc1C(=O)N[C@H]1CCNC[C@@H]1O. The van der Waals surface area contributed by atoms with Gasteiger partial charge in [-0.05, 0) is 19.0 Å². The third-order valence-corrected chi connectivity index (χ3v) is 3.66. The van der Waals surface area contributed by atoms with E-state index in [9.17, 15) is 9.90 Å². The van der Waals surface area contributed by atoms with Gasteiger partial charge in [-0.25, -0.2) is 0 Å². The van der Waals surface area contributed by atoms with Crippen LogP contribution in [-0.2, 0) is 0 Å². The van der Waals surface area contributed by atoms with Crippen LogP contribution in [0.2, 0.25) is 5.02 Å². The van der Waals surface area contributed by atoms with E-state index in [0.29, 0.717) is 35.0 Å². The zero-order valence-electron chi connectivity index (χ0n) is 11.1. The fraction of sp³-hybridized carbons (Fsp3) is 0.462. The molecule has 1 aromatic carbocycles. The second kappa shape index (κ2) is 6.30. The van der Waals surface area contributed by atoms with Crippen LogP contribution in [-0.4, -0.2) is 43.4 Å². The molecule has 1 aliphatic rings. The number of carbonyl (C=O) groups excluding carboxylic acids is 1. The Morgan fingerprint density at radius 2 is 2.35 bits per heavy atom. The molecule has 1 aromatic rings. The van der Waals surface area contributed by atoms with Gasteiger partial charge in [-0.1, -0.05) is 11.6 Å². The molecule has 6 nitrogen and oxygen atoms in total. The zero-order chi connectivity index (χ0) is 14.7. The van der Waals surface area contributed by atoms with Crippen molar-refractivity contribution >= 4 is 23.2 Å². The van der Waals surface area contributed by atoms with E-state index in [1.807, 2.05) is 0 Å². The van der Waals surface area contributed by atoms with Crippen molar-refractivity contribution in [2.24, 2.45) is 0 Å². The summed E-state index contributed by atoms with van der Waals surface area (Å²) in [7, 11) is 1.46. The van der Waals surface area contributed by atoms with Crippen LogP contribution >= 0.6 is 11.6 Å². The number of rotatable bonds is 3. The van der Waals surface area contributed by atoms with Gasteiger partial charge in [0.1, 0.15) is 5.75 Å². The Bertz CT molecular complexity index is 510. The maximum absolute atomic E-state index is 12.3. The molecule has 2 rings (SSSR count). The Labute approximate surface area is 122 Å². The molecule has 0 radical (unpaired) electrons. The highest BCUT2D eigenvalue weighted by Crippen LogP contribution is 2.28. The molecule has 2 atom stereocenters. The molecule has 0 bridgehead atoms. The monoisotopic (exact) mass is 299 g/mol. The van der Waals surface area contributed by atoms with Crippen LogP contribution in [0.25, 0.3) is 0 Å². The molecule has 0 saturated carbocycles. The van der Waals surface area contributed by atoms with Crippen LogP contribution < -0.4 is 21.1 Å². The summed E-state index contributed by atoms with van der Waals surface area (Å²) in [6.07, 6.45) is 0.0562. The van der Waals surface area contributed by atoms with Crippen LogP contribution in [0.15, 0.2) is 12.1 Å². The van der Waals surface area contributed by atoms with E-state index in [0.717, 1.165) is 6.54 Å². The first-order valence-corrected chi connectivity index (χ1v) is 6.73. The fourth-order valence-corrected chi connectivity index (χ4v) is 2.34. The molecule has 0 spiro atoms. The Hall–Kier alpha value is -1.50. The van der Waals surface area contributed by atoms with E-state index in [4.69, 9.17) is 22.1 Å². The van der Waals surface area contributed by atoms with E-state index in [2.05, 4.69) is 10.6 Å². The molecule has 1 heterocycles. The number of halogens is 1. The number of piperidine rings is 1. The first kappa shape index (κ1) is 14.9. The Kier molecular flexibility index (Phi) is 4.69. The Morgan fingerprint density at radius 1 is 1.60 bits per heavy atom. The Balaban J connectivity index is 2.18. The topological polar surface area (TPSA) is 96.6 Å². The molecule has 5 N–H and O–H groups in total. The van der Waals surface area contributed by atoms with Crippen LogP contribution in [0, 0.1) is 0 Å². The van der Waals surface area contributed by atoms with Crippen molar-refractivity contribution in [3.63, 3.8) is 0 Å². The number of nitrogens with two attached hydrogens (primary N) is 1. The number of hydrogen-bond acceptors (Lipinski definition) is 5. The highest BCUT2D eigenvalue weighted by Gasteiger charge is 2.26. The average Bonchev–Trinajstić information content (AvgIpc) is 2.43. The molecular weight excluding hydrogens is 282 g/mol. The lowest BCUT2D eigenvalue weighted by molar-refractivity contribution is 0.0763. The van der Waals surface area contributed by atoms with Crippen molar-refractivity contribution in [3.05, 3.63) is 22.7 Å². The molecule has 0 unspecified atom stereocenters. The minimum absolute atomic E-state index is 0.287. The molecule has 1 saturated heterocycles. The number of aliphatic hydroxyl groups excluding tert-OH is 1. The smallest absolute Gasteiger partial charge is 0.255 e. The van der Waals surface area contributed by atoms with Gasteiger partial charge in [-0.3, -0.25) is 4.79 Å². The van der Waals surface area contributed by atoms with Gasteiger partial charge < -0.3 is 26.2 Å². The summed E-state index contributed by atoms with van der Waals surface area (Å²) in [5.74, 6) is 0.0162. The Morgan fingerprint density at radius 3 is 3.00 bits per heavy atom. The quantitative estimate of drug-likeness (QED) is 0.605. The lowest BCUT2D eigenvalue weighted by atomic mass is 10.0. The third kappa shape index (κ3) is 3.15. The second-order valence-corrected chi connectivity index (χ2v) is 5.12. The summed E-state index contributed by atoms with van der Waals surface area (Å²) in [5.41, 5.74) is 6.33. The average molecular weight is 300 g/mol. The number of nitrogen functional groups attached to an aromatic ring is 1. The predicted molar refractivity (Wildman–Crippen MR) is 77.2 cm³/mol. The van der Waals surface area contributed by atoms with Gasteiger partial charge in [0.05, 0.1) is 35.5 Å². The molecule has 7 heteroatoms. The number of benzene rings is 1. The fourth-order valence-electron chi connectivity index (χ4n) is 2.17. The summed E-state index contributed by atoms with van der Waals surface area (Å²) >= 11 is 5.94.